The van der Waals surface area contributed by atoms with Crippen molar-refractivity contribution in [2.45, 2.75) is 32.1 Å². The molecule has 1 atom stereocenters. The maximum Gasteiger partial charge on any atom is 0.242 e. The van der Waals surface area contributed by atoms with Crippen LogP contribution in [0.4, 0.5) is 0 Å². The van der Waals surface area contributed by atoms with E-state index in [1.54, 1.807) is 19.1 Å². The topological polar surface area (TPSA) is 98.8 Å². The van der Waals surface area contributed by atoms with Gasteiger partial charge >= 0.3 is 0 Å². The molecule has 0 radical (unpaired) electrons. The second kappa shape index (κ2) is 10.5. The van der Waals surface area contributed by atoms with Crippen LogP contribution in [-0.4, -0.2) is 74.7 Å². The minimum absolute atomic E-state index is 0.0152. The van der Waals surface area contributed by atoms with Gasteiger partial charge < -0.3 is 10.6 Å². The Morgan fingerprint density at radius 3 is 2.36 bits per heavy atom. The van der Waals surface area contributed by atoms with Gasteiger partial charge in [-0.05, 0) is 18.9 Å². The molecule has 8 nitrogen and oxygen atoms in total. The van der Waals surface area contributed by atoms with Crippen molar-refractivity contribution >= 4 is 21.8 Å². The van der Waals surface area contributed by atoms with Crippen LogP contribution in [-0.2, 0) is 25.4 Å². The molecule has 0 unspecified atom stereocenters. The summed E-state index contributed by atoms with van der Waals surface area (Å²) in [5.74, 6) is -0.453. The Morgan fingerprint density at radius 2 is 1.75 bits per heavy atom. The molecule has 0 aliphatic carbocycles. The van der Waals surface area contributed by atoms with Crippen molar-refractivity contribution in [2.24, 2.45) is 0 Å². The van der Waals surface area contributed by atoms with Crippen LogP contribution in [0.25, 0.3) is 0 Å². The number of hydrogen-bond acceptors (Lipinski definition) is 5. The van der Waals surface area contributed by atoms with Crippen molar-refractivity contribution < 1.29 is 18.0 Å². The standard InChI is InChI=1S/C19H30N4O4S/c1-3-9-20-19(25)16(2)21-18(24)14-22-10-12-23(13-11-22)28(26,27)15-17-7-5-4-6-8-17/h4-8,16H,3,9-15H2,1-2H3,(H,20,25)(H,21,24)/t16-/m1/s1. The molecule has 1 aliphatic heterocycles. The van der Waals surface area contributed by atoms with Gasteiger partial charge in [0.05, 0.1) is 12.3 Å². The lowest BCUT2D eigenvalue weighted by Crippen LogP contribution is -2.53. The van der Waals surface area contributed by atoms with Gasteiger partial charge in [0.2, 0.25) is 21.8 Å². The fourth-order valence-electron chi connectivity index (χ4n) is 3.00. The van der Waals surface area contributed by atoms with Crippen molar-refractivity contribution in [1.29, 1.82) is 0 Å². The van der Waals surface area contributed by atoms with Crippen LogP contribution >= 0.6 is 0 Å². The summed E-state index contributed by atoms with van der Waals surface area (Å²) >= 11 is 0. The molecule has 0 spiro atoms. The van der Waals surface area contributed by atoms with E-state index in [0.29, 0.717) is 32.7 Å². The summed E-state index contributed by atoms with van der Waals surface area (Å²) in [7, 11) is -3.37. The summed E-state index contributed by atoms with van der Waals surface area (Å²) in [5.41, 5.74) is 0.764. The quantitative estimate of drug-likeness (QED) is 0.605. The Morgan fingerprint density at radius 1 is 1.11 bits per heavy atom. The van der Waals surface area contributed by atoms with Crippen LogP contribution in [0.3, 0.4) is 0 Å². The van der Waals surface area contributed by atoms with Crippen molar-refractivity contribution in [2.75, 3.05) is 39.3 Å². The van der Waals surface area contributed by atoms with Gasteiger partial charge in [-0.3, -0.25) is 14.5 Å². The van der Waals surface area contributed by atoms with E-state index in [0.717, 1.165) is 12.0 Å². The maximum absolute atomic E-state index is 12.6. The molecule has 1 saturated heterocycles. The van der Waals surface area contributed by atoms with Crippen molar-refractivity contribution in [3.05, 3.63) is 35.9 Å². The van der Waals surface area contributed by atoms with E-state index < -0.39 is 16.1 Å². The molecule has 0 saturated carbocycles. The van der Waals surface area contributed by atoms with E-state index in [-0.39, 0.29) is 24.1 Å². The van der Waals surface area contributed by atoms with Crippen molar-refractivity contribution in [1.82, 2.24) is 19.8 Å². The Balaban J connectivity index is 1.77. The molecule has 0 bridgehead atoms. The van der Waals surface area contributed by atoms with E-state index in [1.165, 1.54) is 4.31 Å². The third-order valence-electron chi connectivity index (χ3n) is 4.60. The van der Waals surface area contributed by atoms with E-state index in [9.17, 15) is 18.0 Å². The lowest BCUT2D eigenvalue weighted by atomic mass is 10.2. The zero-order chi connectivity index (χ0) is 20.6. The third kappa shape index (κ3) is 6.88. The Kier molecular flexibility index (Phi) is 8.40. The summed E-state index contributed by atoms with van der Waals surface area (Å²) < 4.78 is 26.6. The zero-order valence-electron chi connectivity index (χ0n) is 16.6. The van der Waals surface area contributed by atoms with Crippen LogP contribution in [0, 0.1) is 0 Å². The molecule has 1 fully saturated rings. The number of rotatable bonds is 9. The molecule has 156 valence electrons. The van der Waals surface area contributed by atoms with Crippen molar-refractivity contribution in [3.8, 4) is 0 Å². The number of carbonyl (C=O) groups excluding carboxylic acids is 2. The average Bonchev–Trinajstić information content (AvgIpc) is 2.66. The Bertz CT molecular complexity index is 746. The van der Waals surface area contributed by atoms with Gasteiger partial charge in [-0.1, -0.05) is 37.3 Å². The van der Waals surface area contributed by atoms with E-state index in [1.807, 2.05) is 30.0 Å². The first-order valence-electron chi connectivity index (χ1n) is 9.63. The van der Waals surface area contributed by atoms with Crippen LogP contribution < -0.4 is 10.6 Å². The summed E-state index contributed by atoms with van der Waals surface area (Å²) in [5, 5.41) is 5.43. The molecule has 2 amide bonds. The number of nitrogens with zero attached hydrogens (tertiary/aromatic N) is 2. The van der Waals surface area contributed by atoms with Crippen LogP contribution in [0.5, 0.6) is 0 Å². The molecular formula is C19H30N4O4S. The molecule has 9 heteroatoms. The monoisotopic (exact) mass is 410 g/mol. The first kappa shape index (κ1) is 22.3. The van der Waals surface area contributed by atoms with Gasteiger partial charge in [0, 0.05) is 32.7 Å². The summed E-state index contributed by atoms with van der Waals surface area (Å²) in [4.78, 5) is 25.9. The maximum atomic E-state index is 12.6. The number of hydrogen-bond donors (Lipinski definition) is 2. The molecular weight excluding hydrogens is 380 g/mol. The SMILES string of the molecule is CCCNC(=O)[C@@H](C)NC(=O)CN1CCN(S(=O)(=O)Cc2ccccc2)CC1. The third-order valence-corrected chi connectivity index (χ3v) is 6.45. The van der Waals surface area contributed by atoms with Crippen LogP contribution in [0.15, 0.2) is 30.3 Å². The highest BCUT2D eigenvalue weighted by molar-refractivity contribution is 7.88. The van der Waals surface area contributed by atoms with Gasteiger partial charge in [0.15, 0.2) is 0 Å². The Hall–Kier alpha value is -1.97. The largest absolute Gasteiger partial charge is 0.354 e. The second-order valence-electron chi connectivity index (χ2n) is 7.00. The van der Waals surface area contributed by atoms with Crippen LogP contribution in [0.2, 0.25) is 0 Å². The number of piperazine rings is 1. The summed E-state index contributed by atoms with van der Waals surface area (Å²) in [6.07, 6.45) is 0.837. The highest BCUT2D eigenvalue weighted by Gasteiger charge is 2.28. The Labute approximate surface area is 167 Å². The molecule has 2 N–H and O–H groups in total. The minimum Gasteiger partial charge on any atom is -0.354 e. The predicted molar refractivity (Wildman–Crippen MR) is 108 cm³/mol. The van der Waals surface area contributed by atoms with Gasteiger partial charge in [0.25, 0.3) is 0 Å². The summed E-state index contributed by atoms with van der Waals surface area (Å²) in [6.45, 7) is 6.02. The minimum atomic E-state index is -3.37. The molecule has 1 aromatic rings. The number of amides is 2. The lowest BCUT2D eigenvalue weighted by Gasteiger charge is -2.33. The smallest absolute Gasteiger partial charge is 0.242 e. The van der Waals surface area contributed by atoms with Crippen LogP contribution in [0.1, 0.15) is 25.8 Å². The predicted octanol–water partition coefficient (Wildman–Crippen LogP) is 0.165. The molecule has 1 aliphatic rings. The fraction of sp³-hybridized carbons (Fsp3) is 0.579. The normalized spacial score (nSPS) is 17.1. The highest BCUT2D eigenvalue weighted by atomic mass is 32.2. The first-order chi connectivity index (χ1) is 13.3. The zero-order valence-corrected chi connectivity index (χ0v) is 17.4. The average molecular weight is 411 g/mol. The van der Waals surface area contributed by atoms with Gasteiger partial charge in [-0.15, -0.1) is 0 Å². The summed E-state index contributed by atoms with van der Waals surface area (Å²) in [6, 6.07) is 8.52. The number of carbonyl (C=O) groups is 2. The molecule has 28 heavy (non-hydrogen) atoms. The first-order valence-corrected chi connectivity index (χ1v) is 11.2. The van der Waals surface area contributed by atoms with E-state index >= 15 is 0 Å². The fourth-order valence-corrected chi connectivity index (χ4v) is 4.51. The second-order valence-corrected chi connectivity index (χ2v) is 8.97. The number of benzene rings is 1. The number of nitrogens with one attached hydrogen (secondary N) is 2. The van der Waals surface area contributed by atoms with E-state index in [4.69, 9.17) is 0 Å². The number of sulfonamides is 1. The van der Waals surface area contributed by atoms with Gasteiger partial charge in [-0.2, -0.15) is 4.31 Å². The molecule has 0 aromatic heterocycles. The molecule has 1 aromatic carbocycles. The molecule has 2 rings (SSSR count). The lowest BCUT2D eigenvalue weighted by molar-refractivity contribution is -0.129. The molecule has 1 heterocycles. The highest BCUT2D eigenvalue weighted by Crippen LogP contribution is 2.13. The van der Waals surface area contributed by atoms with Gasteiger partial charge in [0.1, 0.15) is 6.04 Å². The van der Waals surface area contributed by atoms with Crippen molar-refractivity contribution in [3.63, 3.8) is 0 Å². The van der Waals surface area contributed by atoms with E-state index in [2.05, 4.69) is 10.6 Å². The van der Waals surface area contributed by atoms with Gasteiger partial charge in [-0.25, -0.2) is 8.42 Å².